The molecular formula is C16H11N3O2. The molecule has 0 aliphatic heterocycles. The van der Waals surface area contributed by atoms with Crippen molar-refractivity contribution >= 4 is 5.69 Å². The number of hydrogen-bond acceptors (Lipinski definition) is 4. The Kier molecular flexibility index (Phi) is 4.28. The minimum absolute atomic E-state index is 0.00816. The Morgan fingerprint density at radius 1 is 1.05 bits per heavy atom. The van der Waals surface area contributed by atoms with Gasteiger partial charge in [0.25, 0.3) is 5.69 Å². The summed E-state index contributed by atoms with van der Waals surface area (Å²) < 4.78 is 0. The van der Waals surface area contributed by atoms with E-state index in [0.29, 0.717) is 12.0 Å². The topological polar surface area (TPSA) is 90.7 Å². The predicted molar refractivity (Wildman–Crippen MR) is 76.3 cm³/mol. The zero-order valence-corrected chi connectivity index (χ0v) is 11.1. The number of nitro groups is 1. The molecular weight excluding hydrogens is 266 g/mol. The molecule has 0 saturated heterocycles. The summed E-state index contributed by atoms with van der Waals surface area (Å²) in [6, 6.07) is 17.3. The maximum atomic E-state index is 10.6. The van der Waals surface area contributed by atoms with Gasteiger partial charge in [0.1, 0.15) is 0 Å². The van der Waals surface area contributed by atoms with Crippen molar-refractivity contribution < 1.29 is 4.92 Å². The van der Waals surface area contributed by atoms with Gasteiger partial charge in [0.05, 0.1) is 28.5 Å². The van der Waals surface area contributed by atoms with E-state index in [1.807, 2.05) is 18.2 Å². The second-order valence-electron chi connectivity index (χ2n) is 4.54. The first-order valence-electron chi connectivity index (χ1n) is 6.27. The molecule has 2 rings (SSSR count). The van der Waals surface area contributed by atoms with Gasteiger partial charge in [-0.2, -0.15) is 10.5 Å². The van der Waals surface area contributed by atoms with Crippen LogP contribution in [0.4, 0.5) is 5.69 Å². The summed E-state index contributed by atoms with van der Waals surface area (Å²) in [5, 5.41) is 28.6. The monoisotopic (exact) mass is 277 g/mol. The minimum atomic E-state index is -0.466. The van der Waals surface area contributed by atoms with Crippen molar-refractivity contribution in [2.45, 2.75) is 12.3 Å². The van der Waals surface area contributed by atoms with Crippen LogP contribution in [-0.4, -0.2) is 4.92 Å². The van der Waals surface area contributed by atoms with Gasteiger partial charge < -0.3 is 0 Å². The first kappa shape index (κ1) is 14.2. The van der Waals surface area contributed by atoms with Crippen molar-refractivity contribution in [2.75, 3.05) is 0 Å². The van der Waals surface area contributed by atoms with Crippen LogP contribution in [0.2, 0.25) is 0 Å². The number of rotatable bonds is 4. The lowest BCUT2D eigenvalue weighted by atomic mass is 9.93. The van der Waals surface area contributed by atoms with Gasteiger partial charge >= 0.3 is 0 Å². The maximum Gasteiger partial charge on any atom is 0.269 e. The number of nitro benzene ring substituents is 1. The Morgan fingerprint density at radius 2 is 1.67 bits per heavy atom. The van der Waals surface area contributed by atoms with Crippen molar-refractivity contribution in [1.29, 1.82) is 10.5 Å². The third kappa shape index (κ3) is 3.43. The molecule has 0 aliphatic carbocycles. The van der Waals surface area contributed by atoms with E-state index in [1.54, 1.807) is 24.3 Å². The van der Waals surface area contributed by atoms with Gasteiger partial charge in [-0.05, 0) is 29.7 Å². The van der Waals surface area contributed by atoms with E-state index >= 15 is 0 Å². The molecule has 1 unspecified atom stereocenters. The first-order valence-corrected chi connectivity index (χ1v) is 6.27. The molecule has 0 aromatic heterocycles. The molecule has 102 valence electrons. The lowest BCUT2D eigenvalue weighted by molar-refractivity contribution is -0.384. The van der Waals surface area contributed by atoms with E-state index in [2.05, 4.69) is 6.07 Å². The smallest absolute Gasteiger partial charge is 0.258 e. The summed E-state index contributed by atoms with van der Waals surface area (Å²) in [7, 11) is 0. The number of benzene rings is 2. The van der Waals surface area contributed by atoms with E-state index in [9.17, 15) is 15.4 Å². The summed E-state index contributed by atoms with van der Waals surface area (Å²) in [6.07, 6.45) is 0.500. The molecule has 21 heavy (non-hydrogen) atoms. The molecule has 0 heterocycles. The minimum Gasteiger partial charge on any atom is -0.258 e. The largest absolute Gasteiger partial charge is 0.269 e. The number of nitrogens with zero attached hydrogens (tertiary/aromatic N) is 3. The van der Waals surface area contributed by atoms with E-state index < -0.39 is 4.92 Å². The highest BCUT2D eigenvalue weighted by Crippen LogP contribution is 2.23. The molecule has 0 spiro atoms. The molecule has 2 aromatic carbocycles. The van der Waals surface area contributed by atoms with Gasteiger partial charge in [-0.3, -0.25) is 10.1 Å². The molecule has 0 fully saturated rings. The highest BCUT2D eigenvalue weighted by atomic mass is 16.6. The van der Waals surface area contributed by atoms with Crippen LogP contribution < -0.4 is 0 Å². The molecule has 0 N–H and O–H groups in total. The van der Waals surface area contributed by atoms with Crippen LogP contribution in [0, 0.1) is 32.8 Å². The molecule has 0 aliphatic rings. The summed E-state index contributed by atoms with van der Waals surface area (Å²) in [6.45, 7) is 0. The van der Waals surface area contributed by atoms with Crippen LogP contribution in [0.15, 0.2) is 48.5 Å². The number of non-ortho nitro benzene ring substituents is 1. The molecule has 0 bridgehead atoms. The third-order valence-corrected chi connectivity index (χ3v) is 3.18. The first-order chi connectivity index (χ1) is 10.1. The van der Waals surface area contributed by atoms with Crippen LogP contribution in [0.5, 0.6) is 0 Å². The molecule has 0 saturated carbocycles. The quantitative estimate of drug-likeness (QED) is 0.633. The van der Waals surface area contributed by atoms with Gasteiger partial charge in [-0.1, -0.05) is 24.3 Å². The fourth-order valence-corrected chi connectivity index (χ4v) is 2.02. The number of nitriles is 2. The second-order valence-corrected chi connectivity index (χ2v) is 4.54. The Balaban J connectivity index is 2.17. The van der Waals surface area contributed by atoms with Gasteiger partial charge in [0.2, 0.25) is 0 Å². The van der Waals surface area contributed by atoms with Crippen molar-refractivity contribution in [1.82, 2.24) is 0 Å². The van der Waals surface area contributed by atoms with E-state index in [1.165, 1.54) is 12.1 Å². The Hall–Kier alpha value is -3.18. The van der Waals surface area contributed by atoms with Crippen molar-refractivity contribution in [3.63, 3.8) is 0 Å². The fourth-order valence-electron chi connectivity index (χ4n) is 2.02. The van der Waals surface area contributed by atoms with Gasteiger partial charge in [0, 0.05) is 12.1 Å². The Morgan fingerprint density at radius 3 is 2.14 bits per heavy atom. The zero-order chi connectivity index (χ0) is 15.2. The van der Waals surface area contributed by atoms with Crippen LogP contribution in [0.25, 0.3) is 0 Å². The van der Waals surface area contributed by atoms with Crippen molar-refractivity contribution in [3.8, 4) is 12.1 Å². The van der Waals surface area contributed by atoms with Crippen molar-refractivity contribution in [3.05, 3.63) is 75.3 Å². The molecule has 0 radical (unpaired) electrons. The van der Waals surface area contributed by atoms with E-state index in [0.717, 1.165) is 11.1 Å². The molecule has 5 nitrogen and oxygen atoms in total. The summed E-state index contributed by atoms with van der Waals surface area (Å²) in [5.41, 5.74) is 2.27. The highest BCUT2D eigenvalue weighted by Gasteiger charge is 2.13. The van der Waals surface area contributed by atoms with Crippen LogP contribution >= 0.6 is 0 Å². The van der Waals surface area contributed by atoms with E-state index in [4.69, 9.17) is 5.26 Å². The Bertz CT molecular complexity index is 722. The van der Waals surface area contributed by atoms with Crippen LogP contribution in [0.1, 0.15) is 22.6 Å². The van der Waals surface area contributed by atoms with Crippen LogP contribution in [-0.2, 0) is 6.42 Å². The summed E-state index contributed by atoms with van der Waals surface area (Å²) in [4.78, 5) is 10.2. The maximum absolute atomic E-state index is 10.6. The SMILES string of the molecule is N#Cc1ccc(CC(C#N)c2ccc([N+](=O)[O-])cc2)cc1. The standard InChI is InChI=1S/C16H11N3O2/c17-10-13-3-1-12(2-4-13)9-15(11-18)14-5-7-16(8-6-14)19(20)21/h1-8,15H,9H2. The van der Waals surface area contributed by atoms with E-state index in [-0.39, 0.29) is 11.6 Å². The van der Waals surface area contributed by atoms with Gasteiger partial charge in [-0.25, -0.2) is 0 Å². The predicted octanol–water partition coefficient (Wildman–Crippen LogP) is 3.32. The second kappa shape index (κ2) is 6.31. The van der Waals surface area contributed by atoms with Crippen LogP contribution in [0.3, 0.4) is 0 Å². The lowest BCUT2D eigenvalue weighted by Crippen LogP contribution is -2.01. The number of hydrogen-bond donors (Lipinski definition) is 0. The van der Waals surface area contributed by atoms with Gasteiger partial charge in [0.15, 0.2) is 0 Å². The average molecular weight is 277 g/mol. The summed E-state index contributed by atoms with van der Waals surface area (Å²) >= 11 is 0. The Labute approximate surface area is 121 Å². The highest BCUT2D eigenvalue weighted by molar-refractivity contribution is 5.38. The lowest BCUT2D eigenvalue weighted by Gasteiger charge is -2.09. The molecule has 2 aromatic rings. The van der Waals surface area contributed by atoms with Gasteiger partial charge in [-0.15, -0.1) is 0 Å². The zero-order valence-electron chi connectivity index (χ0n) is 11.1. The normalized spacial score (nSPS) is 11.1. The summed E-state index contributed by atoms with van der Waals surface area (Å²) in [5.74, 6) is -0.376. The fraction of sp³-hybridized carbons (Fsp3) is 0.125. The van der Waals surface area contributed by atoms with Crippen molar-refractivity contribution in [2.24, 2.45) is 0 Å². The molecule has 1 atom stereocenters. The molecule has 0 amide bonds. The third-order valence-electron chi connectivity index (χ3n) is 3.18. The molecule has 5 heteroatoms. The average Bonchev–Trinajstić information content (AvgIpc) is 2.53.